The largest absolute Gasteiger partial charge is 0.382 e. The summed E-state index contributed by atoms with van der Waals surface area (Å²) in [7, 11) is 0. The third kappa shape index (κ3) is 4.19. The topological polar surface area (TPSA) is 75.6 Å². The molecule has 4 nitrogen and oxygen atoms in total. The van der Waals surface area contributed by atoms with Gasteiger partial charge in [-0.15, -0.1) is 0 Å². The van der Waals surface area contributed by atoms with Crippen molar-refractivity contribution < 1.29 is 4.39 Å². The SMILES string of the molecule is Cc1ccc(Cc2nc(SCc3ccccc3F)nc(N)c2C#N)cc1. The molecule has 0 radical (unpaired) electrons. The van der Waals surface area contributed by atoms with E-state index in [2.05, 4.69) is 16.0 Å². The Kier molecular flexibility index (Phi) is 5.49. The molecular weight excluding hydrogens is 347 g/mol. The van der Waals surface area contributed by atoms with Gasteiger partial charge in [-0.25, -0.2) is 14.4 Å². The van der Waals surface area contributed by atoms with Crippen LogP contribution in [0.4, 0.5) is 10.2 Å². The zero-order valence-corrected chi connectivity index (χ0v) is 15.1. The Balaban J connectivity index is 1.85. The van der Waals surface area contributed by atoms with Crippen LogP contribution in [-0.2, 0) is 12.2 Å². The summed E-state index contributed by atoms with van der Waals surface area (Å²) < 4.78 is 13.8. The maximum atomic E-state index is 13.8. The van der Waals surface area contributed by atoms with Crippen molar-refractivity contribution in [2.24, 2.45) is 0 Å². The van der Waals surface area contributed by atoms with E-state index < -0.39 is 0 Å². The van der Waals surface area contributed by atoms with Crippen LogP contribution < -0.4 is 5.73 Å². The molecule has 0 unspecified atom stereocenters. The molecule has 0 amide bonds. The van der Waals surface area contributed by atoms with Gasteiger partial charge in [0.25, 0.3) is 0 Å². The van der Waals surface area contributed by atoms with E-state index in [0.717, 1.165) is 11.1 Å². The number of hydrogen-bond donors (Lipinski definition) is 1. The molecular formula is C20H17FN4S. The van der Waals surface area contributed by atoms with Crippen LogP contribution in [0.15, 0.2) is 53.7 Å². The lowest BCUT2D eigenvalue weighted by molar-refractivity contribution is 0.617. The molecule has 0 bridgehead atoms. The molecule has 0 spiro atoms. The molecule has 0 saturated carbocycles. The third-order valence-electron chi connectivity index (χ3n) is 3.91. The van der Waals surface area contributed by atoms with E-state index in [0.29, 0.717) is 34.2 Å². The lowest BCUT2D eigenvalue weighted by Gasteiger charge is -2.09. The summed E-state index contributed by atoms with van der Waals surface area (Å²) in [5.74, 6) is 0.282. The van der Waals surface area contributed by atoms with Crippen molar-refractivity contribution in [2.45, 2.75) is 24.3 Å². The highest BCUT2D eigenvalue weighted by Crippen LogP contribution is 2.25. The van der Waals surface area contributed by atoms with Crippen molar-refractivity contribution in [3.8, 4) is 6.07 Å². The molecule has 0 atom stereocenters. The average Bonchev–Trinajstić information content (AvgIpc) is 2.63. The Hall–Kier alpha value is -2.91. The van der Waals surface area contributed by atoms with E-state index in [1.807, 2.05) is 31.2 Å². The van der Waals surface area contributed by atoms with Gasteiger partial charge >= 0.3 is 0 Å². The van der Waals surface area contributed by atoms with E-state index in [-0.39, 0.29) is 11.6 Å². The van der Waals surface area contributed by atoms with Crippen LogP contribution in [0.5, 0.6) is 0 Å². The molecule has 1 heterocycles. The van der Waals surface area contributed by atoms with Crippen molar-refractivity contribution in [3.05, 3.63) is 82.3 Å². The van der Waals surface area contributed by atoms with Crippen LogP contribution in [0.3, 0.4) is 0 Å². The molecule has 0 aliphatic heterocycles. The number of anilines is 1. The van der Waals surface area contributed by atoms with Gasteiger partial charge in [-0.05, 0) is 24.1 Å². The van der Waals surface area contributed by atoms with Gasteiger partial charge in [0.1, 0.15) is 23.3 Å². The Labute approximate surface area is 155 Å². The summed E-state index contributed by atoms with van der Waals surface area (Å²) in [6.07, 6.45) is 0.489. The second kappa shape index (κ2) is 7.98. The number of halogens is 1. The van der Waals surface area contributed by atoms with Gasteiger partial charge in [-0.3, -0.25) is 0 Å². The van der Waals surface area contributed by atoms with Gasteiger partial charge in [-0.1, -0.05) is 59.8 Å². The minimum absolute atomic E-state index is 0.153. The molecule has 6 heteroatoms. The Morgan fingerprint density at radius 2 is 1.85 bits per heavy atom. The number of nitrogens with two attached hydrogens (primary N) is 1. The first-order valence-corrected chi connectivity index (χ1v) is 9.03. The molecule has 130 valence electrons. The number of nitriles is 1. The normalized spacial score (nSPS) is 10.5. The van der Waals surface area contributed by atoms with Crippen LogP contribution in [0.1, 0.15) is 27.9 Å². The van der Waals surface area contributed by atoms with E-state index in [4.69, 9.17) is 5.73 Å². The molecule has 0 aliphatic rings. The summed E-state index contributed by atoms with van der Waals surface area (Å²) in [5.41, 5.74) is 9.60. The van der Waals surface area contributed by atoms with Crippen molar-refractivity contribution >= 4 is 17.6 Å². The minimum Gasteiger partial charge on any atom is -0.382 e. The highest BCUT2D eigenvalue weighted by molar-refractivity contribution is 7.98. The second-order valence-corrected chi connectivity index (χ2v) is 6.81. The number of benzene rings is 2. The monoisotopic (exact) mass is 364 g/mol. The Bertz CT molecular complexity index is 965. The molecule has 26 heavy (non-hydrogen) atoms. The van der Waals surface area contributed by atoms with Gasteiger partial charge in [0.2, 0.25) is 0 Å². The summed E-state index contributed by atoms with van der Waals surface area (Å²) in [6, 6.07) is 16.7. The second-order valence-electron chi connectivity index (χ2n) is 5.87. The van der Waals surface area contributed by atoms with Gasteiger partial charge in [0.15, 0.2) is 5.16 Å². The molecule has 0 aliphatic carbocycles. The molecule has 2 N–H and O–H groups in total. The van der Waals surface area contributed by atoms with Gasteiger partial charge in [-0.2, -0.15) is 5.26 Å². The maximum absolute atomic E-state index is 13.8. The van der Waals surface area contributed by atoms with E-state index in [1.54, 1.807) is 18.2 Å². The highest BCUT2D eigenvalue weighted by Gasteiger charge is 2.14. The van der Waals surface area contributed by atoms with Crippen LogP contribution in [0, 0.1) is 24.1 Å². The fourth-order valence-corrected chi connectivity index (χ4v) is 3.33. The Morgan fingerprint density at radius 3 is 2.54 bits per heavy atom. The molecule has 3 aromatic rings. The van der Waals surface area contributed by atoms with Crippen LogP contribution in [0.2, 0.25) is 0 Å². The molecule has 2 aromatic carbocycles. The van der Waals surface area contributed by atoms with Crippen LogP contribution >= 0.6 is 11.8 Å². The molecule has 0 saturated heterocycles. The van der Waals surface area contributed by atoms with Crippen LogP contribution in [-0.4, -0.2) is 9.97 Å². The summed E-state index contributed by atoms with van der Waals surface area (Å²) >= 11 is 1.30. The first-order valence-electron chi connectivity index (χ1n) is 8.05. The fraction of sp³-hybridized carbons (Fsp3) is 0.150. The zero-order valence-electron chi connectivity index (χ0n) is 14.2. The lowest BCUT2D eigenvalue weighted by atomic mass is 10.0. The van der Waals surface area contributed by atoms with Crippen molar-refractivity contribution in [3.63, 3.8) is 0 Å². The van der Waals surface area contributed by atoms with Gasteiger partial charge in [0, 0.05) is 12.2 Å². The average molecular weight is 364 g/mol. The number of nitrogens with zero attached hydrogens (tertiary/aromatic N) is 3. The molecule has 0 fully saturated rings. The summed E-state index contributed by atoms with van der Waals surface area (Å²) in [5, 5.41) is 9.83. The minimum atomic E-state index is -0.263. The van der Waals surface area contributed by atoms with Crippen LogP contribution in [0.25, 0.3) is 0 Å². The fourth-order valence-electron chi connectivity index (χ4n) is 2.47. The predicted molar refractivity (Wildman–Crippen MR) is 101 cm³/mol. The summed E-state index contributed by atoms with van der Waals surface area (Å²) in [6.45, 7) is 2.02. The zero-order chi connectivity index (χ0) is 18.5. The van der Waals surface area contributed by atoms with Crippen molar-refractivity contribution in [2.75, 3.05) is 5.73 Å². The molecule has 1 aromatic heterocycles. The number of rotatable bonds is 5. The van der Waals surface area contributed by atoms with E-state index in [1.165, 1.54) is 17.8 Å². The van der Waals surface area contributed by atoms with E-state index in [9.17, 15) is 9.65 Å². The number of hydrogen-bond acceptors (Lipinski definition) is 5. The van der Waals surface area contributed by atoms with Gasteiger partial charge < -0.3 is 5.73 Å². The first-order chi connectivity index (χ1) is 12.6. The predicted octanol–water partition coefficient (Wildman–Crippen LogP) is 4.26. The number of aryl methyl sites for hydroxylation is 1. The number of nitrogen functional groups attached to an aromatic ring is 1. The summed E-state index contributed by atoms with van der Waals surface area (Å²) in [4.78, 5) is 8.68. The van der Waals surface area contributed by atoms with Crippen molar-refractivity contribution in [1.29, 1.82) is 5.26 Å². The Morgan fingerprint density at radius 1 is 1.12 bits per heavy atom. The quantitative estimate of drug-likeness (QED) is 0.541. The number of aromatic nitrogens is 2. The standard InChI is InChI=1S/C20H17FN4S/c1-13-6-8-14(9-7-13)10-18-16(11-22)19(23)25-20(24-18)26-12-15-4-2-3-5-17(15)21/h2-9H,10,12H2,1H3,(H2,23,24,25). The number of thioether (sulfide) groups is 1. The van der Waals surface area contributed by atoms with E-state index >= 15 is 0 Å². The first kappa shape index (κ1) is 17.9. The van der Waals surface area contributed by atoms with Crippen molar-refractivity contribution in [1.82, 2.24) is 9.97 Å². The highest BCUT2D eigenvalue weighted by atomic mass is 32.2. The molecule has 3 rings (SSSR count). The smallest absolute Gasteiger partial charge is 0.190 e. The third-order valence-corrected chi connectivity index (χ3v) is 4.81. The lowest BCUT2D eigenvalue weighted by Crippen LogP contribution is -2.06. The maximum Gasteiger partial charge on any atom is 0.190 e. The van der Waals surface area contributed by atoms with Gasteiger partial charge in [0.05, 0.1) is 5.69 Å².